The van der Waals surface area contributed by atoms with Gasteiger partial charge in [0.1, 0.15) is 17.0 Å². The predicted molar refractivity (Wildman–Crippen MR) is 58.5 cm³/mol. The van der Waals surface area contributed by atoms with Gasteiger partial charge in [-0.15, -0.1) is 0 Å². The minimum absolute atomic E-state index is 0.117. The summed E-state index contributed by atoms with van der Waals surface area (Å²) in [6.07, 6.45) is 0.959. The van der Waals surface area contributed by atoms with Crippen molar-refractivity contribution in [2.75, 3.05) is 6.26 Å². The number of rotatable bonds is 4. The number of aldehydes is 1. The fraction of sp³-hybridized carbons (Fsp3) is 0.364. The zero-order valence-electron chi connectivity index (χ0n) is 9.71. The molecule has 7 heteroatoms. The Balaban J connectivity index is 3.52. The van der Waals surface area contributed by atoms with Gasteiger partial charge < -0.3 is 4.79 Å². The molecule has 3 nitrogen and oxygen atoms in total. The SMILES string of the molecule is CC(CC=O)c1cc(F)c(S(C)(=O)=O)c(F)c1F. The molecule has 1 aromatic carbocycles. The molecular formula is C11H11F3O3S. The van der Waals surface area contributed by atoms with Crippen LogP contribution in [0.2, 0.25) is 0 Å². The summed E-state index contributed by atoms with van der Waals surface area (Å²) < 4.78 is 62.9. The highest BCUT2D eigenvalue weighted by Crippen LogP contribution is 2.29. The van der Waals surface area contributed by atoms with Crippen LogP contribution in [0, 0.1) is 17.5 Å². The van der Waals surface area contributed by atoms with E-state index >= 15 is 0 Å². The van der Waals surface area contributed by atoms with Crippen LogP contribution in [-0.2, 0) is 14.6 Å². The molecule has 0 aliphatic carbocycles. The highest BCUT2D eigenvalue weighted by Gasteiger charge is 2.27. The average Bonchev–Trinajstić information content (AvgIpc) is 2.21. The molecule has 0 N–H and O–H groups in total. The monoisotopic (exact) mass is 280 g/mol. The third-order valence-corrected chi connectivity index (χ3v) is 3.61. The Bertz CT molecular complexity index is 582. The number of carbonyl (C=O) groups excluding carboxylic acids is 1. The maximum Gasteiger partial charge on any atom is 0.181 e. The summed E-state index contributed by atoms with van der Waals surface area (Å²) in [5.41, 5.74) is -0.357. The van der Waals surface area contributed by atoms with Crippen molar-refractivity contribution in [2.45, 2.75) is 24.2 Å². The van der Waals surface area contributed by atoms with E-state index in [2.05, 4.69) is 0 Å². The van der Waals surface area contributed by atoms with Gasteiger partial charge in [0.05, 0.1) is 0 Å². The third-order valence-electron chi connectivity index (χ3n) is 2.50. The Hall–Kier alpha value is -1.37. The summed E-state index contributed by atoms with van der Waals surface area (Å²) in [6, 6.07) is 0.614. The maximum atomic E-state index is 13.6. The van der Waals surface area contributed by atoms with Gasteiger partial charge in [0.15, 0.2) is 21.5 Å². The lowest BCUT2D eigenvalue weighted by molar-refractivity contribution is -0.108. The molecule has 0 heterocycles. The van der Waals surface area contributed by atoms with Crippen LogP contribution >= 0.6 is 0 Å². The van der Waals surface area contributed by atoms with Crippen molar-refractivity contribution in [3.05, 3.63) is 29.1 Å². The molecule has 1 atom stereocenters. The lowest BCUT2D eigenvalue weighted by Crippen LogP contribution is -2.10. The molecule has 0 aliphatic rings. The molecular weight excluding hydrogens is 269 g/mol. The van der Waals surface area contributed by atoms with Gasteiger partial charge in [-0.3, -0.25) is 0 Å². The van der Waals surface area contributed by atoms with Crippen molar-refractivity contribution >= 4 is 16.1 Å². The second-order valence-corrected chi connectivity index (χ2v) is 5.93. The normalized spacial score (nSPS) is 13.4. The van der Waals surface area contributed by atoms with Crippen LogP contribution in [0.1, 0.15) is 24.8 Å². The first kappa shape index (κ1) is 14.7. The summed E-state index contributed by atoms with van der Waals surface area (Å²) in [7, 11) is -4.20. The Kier molecular flexibility index (Phi) is 4.16. The second kappa shape index (κ2) is 5.09. The van der Waals surface area contributed by atoms with Gasteiger partial charge in [-0.25, -0.2) is 21.6 Å². The molecule has 0 saturated carbocycles. The van der Waals surface area contributed by atoms with Crippen LogP contribution < -0.4 is 0 Å². The van der Waals surface area contributed by atoms with E-state index in [1.165, 1.54) is 6.92 Å². The molecule has 0 aliphatic heterocycles. The van der Waals surface area contributed by atoms with Gasteiger partial charge in [0.2, 0.25) is 0 Å². The average molecular weight is 280 g/mol. The van der Waals surface area contributed by atoms with Gasteiger partial charge in [0.25, 0.3) is 0 Å². The van der Waals surface area contributed by atoms with E-state index in [4.69, 9.17) is 0 Å². The van der Waals surface area contributed by atoms with Gasteiger partial charge in [-0.1, -0.05) is 6.92 Å². The highest BCUT2D eigenvalue weighted by atomic mass is 32.2. The molecule has 0 aromatic heterocycles. The Labute approximate surface area is 103 Å². The summed E-state index contributed by atoms with van der Waals surface area (Å²) in [5.74, 6) is -5.28. The summed E-state index contributed by atoms with van der Waals surface area (Å²) >= 11 is 0. The van der Waals surface area contributed by atoms with E-state index in [1.54, 1.807) is 0 Å². The second-order valence-electron chi connectivity index (χ2n) is 3.98. The summed E-state index contributed by atoms with van der Waals surface area (Å²) in [4.78, 5) is 9.00. The topological polar surface area (TPSA) is 51.2 Å². The zero-order valence-corrected chi connectivity index (χ0v) is 10.5. The first-order valence-corrected chi connectivity index (χ1v) is 6.90. The first-order valence-electron chi connectivity index (χ1n) is 5.01. The molecule has 0 fully saturated rings. The van der Waals surface area contributed by atoms with Crippen molar-refractivity contribution in [1.29, 1.82) is 0 Å². The van der Waals surface area contributed by atoms with E-state index in [-0.39, 0.29) is 12.0 Å². The quantitative estimate of drug-likeness (QED) is 0.627. The van der Waals surface area contributed by atoms with E-state index in [0.29, 0.717) is 18.6 Å². The molecule has 0 saturated heterocycles. The molecule has 18 heavy (non-hydrogen) atoms. The van der Waals surface area contributed by atoms with Crippen LogP contribution in [-0.4, -0.2) is 21.0 Å². The minimum Gasteiger partial charge on any atom is -0.303 e. The lowest BCUT2D eigenvalue weighted by atomic mass is 9.97. The van der Waals surface area contributed by atoms with E-state index in [1.807, 2.05) is 0 Å². The molecule has 1 aromatic rings. The zero-order chi connectivity index (χ0) is 14.1. The smallest absolute Gasteiger partial charge is 0.181 e. The van der Waals surface area contributed by atoms with Crippen molar-refractivity contribution < 1.29 is 26.4 Å². The van der Waals surface area contributed by atoms with Gasteiger partial charge in [-0.05, 0) is 17.5 Å². The van der Waals surface area contributed by atoms with Crippen LogP contribution in [0.3, 0.4) is 0 Å². The highest BCUT2D eigenvalue weighted by molar-refractivity contribution is 7.90. The van der Waals surface area contributed by atoms with Crippen molar-refractivity contribution in [1.82, 2.24) is 0 Å². The number of hydrogen-bond donors (Lipinski definition) is 0. The Morgan fingerprint density at radius 1 is 1.28 bits per heavy atom. The number of halogens is 3. The standard InChI is InChI=1S/C11H11F3O3S/c1-6(3-4-15)7-5-8(12)11(18(2,16)17)10(14)9(7)13/h4-6H,3H2,1-2H3. The van der Waals surface area contributed by atoms with Gasteiger partial charge in [-0.2, -0.15) is 0 Å². The Morgan fingerprint density at radius 2 is 1.83 bits per heavy atom. The summed E-state index contributed by atoms with van der Waals surface area (Å²) in [5, 5.41) is 0. The maximum absolute atomic E-state index is 13.6. The summed E-state index contributed by atoms with van der Waals surface area (Å²) in [6.45, 7) is 1.41. The van der Waals surface area contributed by atoms with E-state index in [0.717, 1.165) is 0 Å². The predicted octanol–water partition coefficient (Wildman–Crippen LogP) is 2.20. The minimum atomic E-state index is -4.20. The van der Waals surface area contributed by atoms with Crippen LogP contribution in [0.25, 0.3) is 0 Å². The van der Waals surface area contributed by atoms with Crippen LogP contribution in [0.4, 0.5) is 13.2 Å². The molecule has 0 amide bonds. The number of sulfone groups is 1. The number of carbonyl (C=O) groups is 1. The number of benzene rings is 1. The number of hydrogen-bond acceptors (Lipinski definition) is 3. The third kappa shape index (κ3) is 2.72. The lowest BCUT2D eigenvalue weighted by Gasteiger charge is -2.12. The molecule has 100 valence electrons. The van der Waals surface area contributed by atoms with Gasteiger partial charge in [0, 0.05) is 12.7 Å². The van der Waals surface area contributed by atoms with E-state index < -0.39 is 38.1 Å². The fourth-order valence-corrected chi connectivity index (χ4v) is 2.39. The van der Waals surface area contributed by atoms with Crippen LogP contribution in [0.5, 0.6) is 0 Å². The molecule has 0 spiro atoms. The van der Waals surface area contributed by atoms with Crippen molar-refractivity contribution in [3.63, 3.8) is 0 Å². The van der Waals surface area contributed by atoms with Crippen molar-refractivity contribution in [3.8, 4) is 0 Å². The van der Waals surface area contributed by atoms with Gasteiger partial charge >= 0.3 is 0 Å². The molecule has 0 bridgehead atoms. The Morgan fingerprint density at radius 3 is 2.28 bits per heavy atom. The fourth-order valence-electron chi connectivity index (χ4n) is 1.57. The van der Waals surface area contributed by atoms with E-state index in [9.17, 15) is 26.4 Å². The molecule has 1 unspecified atom stereocenters. The molecule has 1 rings (SSSR count). The molecule has 0 radical (unpaired) electrons. The largest absolute Gasteiger partial charge is 0.303 e. The van der Waals surface area contributed by atoms with Crippen molar-refractivity contribution in [2.24, 2.45) is 0 Å². The first-order chi connectivity index (χ1) is 8.20. The van der Waals surface area contributed by atoms with Crippen LogP contribution in [0.15, 0.2) is 11.0 Å².